The second kappa shape index (κ2) is 4.65. The minimum atomic E-state index is -3.64. The van der Waals surface area contributed by atoms with Gasteiger partial charge >= 0.3 is 0 Å². The molecule has 0 saturated carbocycles. The van der Waals surface area contributed by atoms with Gasteiger partial charge in [0.1, 0.15) is 5.25 Å². The predicted octanol–water partition coefficient (Wildman–Crippen LogP) is 1.03. The van der Waals surface area contributed by atoms with Crippen molar-refractivity contribution in [2.75, 3.05) is 0 Å². The van der Waals surface area contributed by atoms with Crippen LogP contribution in [0.5, 0.6) is 0 Å². The number of aryl methyl sites for hydroxylation is 1. The van der Waals surface area contributed by atoms with Crippen molar-refractivity contribution < 1.29 is 13.2 Å². The zero-order valence-corrected chi connectivity index (χ0v) is 10.1. The van der Waals surface area contributed by atoms with Crippen LogP contribution in [0.15, 0.2) is 29.2 Å². The third-order valence-corrected chi connectivity index (χ3v) is 4.66. The lowest BCUT2D eigenvalue weighted by Gasteiger charge is -2.12. The van der Waals surface area contributed by atoms with E-state index in [-0.39, 0.29) is 11.3 Å². The summed E-state index contributed by atoms with van der Waals surface area (Å²) in [6.07, 6.45) is 0.186. The highest BCUT2D eigenvalue weighted by Gasteiger charge is 2.30. The van der Waals surface area contributed by atoms with Crippen LogP contribution in [-0.2, 0) is 14.6 Å². The van der Waals surface area contributed by atoms with E-state index in [2.05, 4.69) is 0 Å². The normalized spacial score (nSPS) is 13.4. The Bertz CT molecular complexity index is 476. The summed E-state index contributed by atoms with van der Waals surface area (Å²) in [7, 11) is -3.64. The molecule has 0 bridgehead atoms. The third kappa shape index (κ3) is 2.41. The Balaban J connectivity index is 3.20. The van der Waals surface area contributed by atoms with Gasteiger partial charge in [0, 0.05) is 0 Å². The molecular weight excluding hydrogens is 226 g/mol. The van der Waals surface area contributed by atoms with Gasteiger partial charge in [-0.25, -0.2) is 8.42 Å². The van der Waals surface area contributed by atoms with E-state index < -0.39 is 21.0 Å². The van der Waals surface area contributed by atoms with Crippen molar-refractivity contribution in [1.82, 2.24) is 0 Å². The topological polar surface area (TPSA) is 77.2 Å². The quantitative estimate of drug-likeness (QED) is 0.855. The smallest absolute Gasteiger partial charge is 0.236 e. The van der Waals surface area contributed by atoms with E-state index in [4.69, 9.17) is 5.73 Å². The zero-order chi connectivity index (χ0) is 12.3. The van der Waals surface area contributed by atoms with E-state index in [1.165, 1.54) is 12.1 Å². The number of carbonyl (C=O) groups excluding carboxylic acids is 1. The molecule has 0 radical (unpaired) electrons. The van der Waals surface area contributed by atoms with E-state index in [1.807, 2.05) is 6.92 Å². The summed E-state index contributed by atoms with van der Waals surface area (Å²) in [5, 5.41) is -1.14. The molecule has 1 unspecified atom stereocenters. The number of hydrogen-bond donors (Lipinski definition) is 1. The Morgan fingerprint density at radius 2 is 1.81 bits per heavy atom. The average Bonchev–Trinajstić information content (AvgIpc) is 2.18. The molecule has 0 saturated heterocycles. The van der Waals surface area contributed by atoms with Gasteiger partial charge in [-0.1, -0.05) is 24.6 Å². The predicted molar refractivity (Wildman–Crippen MR) is 61.6 cm³/mol. The summed E-state index contributed by atoms with van der Waals surface area (Å²) in [4.78, 5) is 11.2. The fourth-order valence-electron chi connectivity index (χ4n) is 1.47. The summed E-state index contributed by atoms with van der Waals surface area (Å²) >= 11 is 0. The first kappa shape index (κ1) is 12.7. The Hall–Kier alpha value is -1.36. The second-order valence-corrected chi connectivity index (χ2v) is 5.79. The molecule has 1 aromatic carbocycles. The number of benzene rings is 1. The Morgan fingerprint density at radius 1 is 1.31 bits per heavy atom. The molecule has 1 amide bonds. The first-order chi connectivity index (χ1) is 7.39. The van der Waals surface area contributed by atoms with Crippen LogP contribution in [0.2, 0.25) is 0 Å². The van der Waals surface area contributed by atoms with Gasteiger partial charge in [-0.3, -0.25) is 4.79 Å². The van der Waals surface area contributed by atoms with Gasteiger partial charge in [0.25, 0.3) is 0 Å². The molecule has 1 atom stereocenters. The van der Waals surface area contributed by atoms with Crippen molar-refractivity contribution in [3.63, 3.8) is 0 Å². The fraction of sp³-hybridized carbons (Fsp3) is 0.364. The van der Waals surface area contributed by atoms with Gasteiger partial charge in [0.2, 0.25) is 5.91 Å². The fourth-order valence-corrected chi connectivity index (χ4v) is 3.05. The highest BCUT2D eigenvalue weighted by molar-refractivity contribution is 7.92. The highest BCUT2D eigenvalue weighted by Crippen LogP contribution is 2.18. The summed E-state index contributed by atoms with van der Waals surface area (Å²) in [6, 6.07) is 6.38. The highest BCUT2D eigenvalue weighted by atomic mass is 32.2. The molecule has 1 aromatic rings. The van der Waals surface area contributed by atoms with E-state index >= 15 is 0 Å². The van der Waals surface area contributed by atoms with Crippen molar-refractivity contribution in [3.05, 3.63) is 29.8 Å². The maximum atomic E-state index is 12.0. The SMILES string of the molecule is CCC(C(N)=O)S(=O)(=O)c1ccc(C)cc1. The van der Waals surface area contributed by atoms with Crippen LogP contribution < -0.4 is 5.73 Å². The summed E-state index contributed by atoms with van der Waals surface area (Å²) < 4.78 is 24.0. The third-order valence-electron chi connectivity index (χ3n) is 2.41. The maximum Gasteiger partial charge on any atom is 0.236 e. The minimum Gasteiger partial charge on any atom is -0.369 e. The average molecular weight is 241 g/mol. The molecule has 88 valence electrons. The first-order valence-corrected chi connectivity index (χ1v) is 6.54. The van der Waals surface area contributed by atoms with Gasteiger partial charge in [-0.05, 0) is 25.5 Å². The van der Waals surface area contributed by atoms with Crippen LogP contribution in [-0.4, -0.2) is 19.6 Å². The van der Waals surface area contributed by atoms with E-state index in [0.717, 1.165) is 5.56 Å². The molecule has 0 fully saturated rings. The molecule has 0 spiro atoms. The van der Waals surface area contributed by atoms with Crippen molar-refractivity contribution in [3.8, 4) is 0 Å². The van der Waals surface area contributed by atoms with Crippen LogP contribution >= 0.6 is 0 Å². The van der Waals surface area contributed by atoms with Gasteiger partial charge in [-0.15, -0.1) is 0 Å². The lowest BCUT2D eigenvalue weighted by molar-refractivity contribution is -0.117. The minimum absolute atomic E-state index is 0.142. The van der Waals surface area contributed by atoms with Crippen molar-refractivity contribution in [1.29, 1.82) is 0 Å². The standard InChI is InChI=1S/C11H15NO3S/c1-3-10(11(12)13)16(14,15)9-6-4-8(2)5-7-9/h4-7,10H,3H2,1-2H3,(H2,12,13). The number of amides is 1. The van der Waals surface area contributed by atoms with Gasteiger partial charge in [-0.2, -0.15) is 0 Å². The molecule has 2 N–H and O–H groups in total. The Morgan fingerprint density at radius 3 is 2.19 bits per heavy atom. The Kier molecular flexibility index (Phi) is 3.70. The van der Waals surface area contributed by atoms with Crippen molar-refractivity contribution in [2.45, 2.75) is 30.4 Å². The number of hydrogen-bond acceptors (Lipinski definition) is 3. The van der Waals surface area contributed by atoms with E-state index in [9.17, 15) is 13.2 Å². The number of rotatable bonds is 4. The lowest BCUT2D eigenvalue weighted by atomic mass is 10.2. The second-order valence-electron chi connectivity index (χ2n) is 3.66. The van der Waals surface area contributed by atoms with Gasteiger partial charge < -0.3 is 5.73 Å². The maximum absolute atomic E-state index is 12.0. The molecule has 0 aromatic heterocycles. The van der Waals surface area contributed by atoms with Crippen LogP contribution in [0, 0.1) is 6.92 Å². The number of sulfone groups is 1. The first-order valence-electron chi connectivity index (χ1n) is 4.99. The van der Waals surface area contributed by atoms with Crippen LogP contribution in [0.4, 0.5) is 0 Å². The molecule has 0 aliphatic rings. The van der Waals surface area contributed by atoms with Crippen molar-refractivity contribution in [2.24, 2.45) is 5.73 Å². The molecule has 16 heavy (non-hydrogen) atoms. The van der Waals surface area contributed by atoms with Gasteiger partial charge in [0.05, 0.1) is 4.90 Å². The largest absolute Gasteiger partial charge is 0.369 e. The number of nitrogens with two attached hydrogens (primary N) is 1. The molecule has 4 nitrogen and oxygen atoms in total. The summed E-state index contributed by atoms with van der Waals surface area (Å²) in [5.74, 6) is -0.803. The molecule has 0 aliphatic carbocycles. The van der Waals surface area contributed by atoms with Crippen LogP contribution in [0.1, 0.15) is 18.9 Å². The van der Waals surface area contributed by atoms with E-state index in [0.29, 0.717) is 0 Å². The molecule has 1 rings (SSSR count). The zero-order valence-electron chi connectivity index (χ0n) is 9.30. The number of primary amides is 1. The monoisotopic (exact) mass is 241 g/mol. The van der Waals surface area contributed by atoms with Crippen molar-refractivity contribution >= 4 is 15.7 Å². The molecule has 0 heterocycles. The molecular formula is C11H15NO3S. The van der Waals surface area contributed by atoms with Crippen LogP contribution in [0.25, 0.3) is 0 Å². The number of carbonyl (C=O) groups is 1. The molecule has 5 heteroatoms. The van der Waals surface area contributed by atoms with Crippen LogP contribution in [0.3, 0.4) is 0 Å². The summed E-state index contributed by atoms with van der Waals surface area (Å²) in [5.41, 5.74) is 6.05. The lowest BCUT2D eigenvalue weighted by Crippen LogP contribution is -2.35. The van der Waals surface area contributed by atoms with Gasteiger partial charge in [0.15, 0.2) is 9.84 Å². The Labute approximate surface area is 95.4 Å². The van der Waals surface area contributed by atoms with E-state index in [1.54, 1.807) is 19.1 Å². The summed E-state index contributed by atoms with van der Waals surface area (Å²) in [6.45, 7) is 3.49. The molecule has 0 aliphatic heterocycles.